The minimum absolute atomic E-state index is 0.932. The van der Waals surface area contributed by atoms with Crippen molar-refractivity contribution in [2.75, 3.05) is 0 Å². The topological polar surface area (TPSA) is 3.24 Å². The van der Waals surface area contributed by atoms with Gasteiger partial charge in [-0.15, -0.1) is 0 Å². The van der Waals surface area contributed by atoms with Gasteiger partial charge in [-0.3, -0.25) is 4.90 Å². The molecule has 310 valence electrons. The number of hydrogen-bond donors (Lipinski definition) is 0. The van der Waals surface area contributed by atoms with Crippen LogP contribution in [0.25, 0.3) is 0 Å². The third-order valence-corrected chi connectivity index (χ3v) is 22.4. The molecule has 1 heteroatoms. The first-order valence-corrected chi connectivity index (χ1v) is 27.0. The molecule has 0 aromatic heterocycles. The lowest BCUT2D eigenvalue weighted by Gasteiger charge is -2.53. The highest BCUT2D eigenvalue weighted by molar-refractivity contribution is 5.08. The van der Waals surface area contributed by atoms with Crippen LogP contribution in [0.15, 0.2) is 0 Å². The Hall–Kier alpha value is -0.0400. The van der Waals surface area contributed by atoms with Crippen molar-refractivity contribution in [3.8, 4) is 0 Å². The molecule has 11 aliphatic carbocycles. The van der Waals surface area contributed by atoms with E-state index in [1.54, 1.807) is 205 Å². The molecule has 0 N–H and O–H groups in total. The van der Waals surface area contributed by atoms with Crippen molar-refractivity contribution in [1.29, 1.82) is 0 Å². The largest absolute Gasteiger partial charge is 0.294 e. The van der Waals surface area contributed by atoms with Crippen LogP contribution in [0.4, 0.5) is 0 Å². The molecule has 11 rings (SSSR count). The third kappa shape index (κ3) is 7.44. The summed E-state index contributed by atoms with van der Waals surface area (Å²) >= 11 is 0. The summed E-state index contributed by atoms with van der Waals surface area (Å²) < 4.78 is 0. The van der Waals surface area contributed by atoms with Crippen LogP contribution in [-0.4, -0.2) is 23.0 Å². The van der Waals surface area contributed by atoms with E-state index in [9.17, 15) is 0 Å². The maximum absolute atomic E-state index is 3.39. The monoisotopic (exact) mass is 752 g/mol. The molecule has 0 saturated heterocycles. The Balaban J connectivity index is 0.784. The Morgan fingerprint density at radius 1 is 0.200 bits per heavy atom. The van der Waals surface area contributed by atoms with Gasteiger partial charge in [-0.25, -0.2) is 0 Å². The fourth-order valence-corrected chi connectivity index (χ4v) is 20.2. The van der Waals surface area contributed by atoms with E-state index in [-0.39, 0.29) is 0 Å². The molecule has 1 nitrogen and oxygen atoms in total. The van der Waals surface area contributed by atoms with E-state index < -0.39 is 0 Å². The van der Waals surface area contributed by atoms with Crippen molar-refractivity contribution in [1.82, 2.24) is 4.90 Å². The predicted molar refractivity (Wildman–Crippen MR) is 231 cm³/mol. The van der Waals surface area contributed by atoms with E-state index in [1.165, 1.54) is 19.3 Å². The van der Waals surface area contributed by atoms with Crippen LogP contribution in [0.2, 0.25) is 0 Å². The molecular weight excluding hydrogens is 663 g/mol. The highest BCUT2D eigenvalue weighted by Crippen LogP contribution is 2.66. The number of fused-ring (bicyclic) bond motifs is 7. The summed E-state index contributed by atoms with van der Waals surface area (Å²) in [6, 6.07) is 2.80. The number of hydrogen-bond acceptors (Lipinski definition) is 1. The van der Waals surface area contributed by atoms with Crippen LogP contribution < -0.4 is 0 Å². The van der Waals surface area contributed by atoms with E-state index >= 15 is 0 Å². The Morgan fingerprint density at radius 3 is 1.33 bits per heavy atom. The summed E-state index contributed by atoms with van der Waals surface area (Å²) in [5.74, 6) is 17.9. The van der Waals surface area contributed by atoms with Crippen LogP contribution in [0, 0.1) is 94.7 Å². The molecule has 13 unspecified atom stereocenters. The lowest BCUT2D eigenvalue weighted by atomic mass is 9.54. The second kappa shape index (κ2) is 16.8. The van der Waals surface area contributed by atoms with Gasteiger partial charge in [0.25, 0.3) is 0 Å². The van der Waals surface area contributed by atoms with E-state index in [0.29, 0.717) is 0 Å². The summed E-state index contributed by atoms with van der Waals surface area (Å²) in [4.78, 5) is 3.39. The zero-order valence-electron chi connectivity index (χ0n) is 36.2. The van der Waals surface area contributed by atoms with Crippen LogP contribution in [0.1, 0.15) is 225 Å². The van der Waals surface area contributed by atoms with E-state index in [2.05, 4.69) is 4.90 Å². The van der Waals surface area contributed by atoms with Gasteiger partial charge in [-0.2, -0.15) is 0 Å². The Labute approximate surface area is 341 Å². The molecule has 13 atom stereocenters. The fourth-order valence-electron chi connectivity index (χ4n) is 20.2. The predicted octanol–water partition coefficient (Wildman–Crippen LogP) is 15.1. The first-order valence-electron chi connectivity index (χ1n) is 27.0. The Bertz CT molecular complexity index is 1220. The molecule has 0 heterocycles. The third-order valence-electron chi connectivity index (χ3n) is 22.4. The standard InChI is InChI=1S/C54H89N/c1-2-11-36(12-3-1)38-21-26-45(27-22-38)55(47-30-23-37-13-4-5-16-42(37)33-47)46-28-24-39(25-29-46)48-19-10-20-50-52(48)35-53-49-18-9-8-17-43(49)34-51(54(50)53)44-31-40-14-6-7-15-41(40)32-44/h36-54H,1-35H2. The van der Waals surface area contributed by atoms with Crippen LogP contribution >= 0.6 is 0 Å². The summed E-state index contributed by atoms with van der Waals surface area (Å²) in [5.41, 5.74) is 0. The van der Waals surface area contributed by atoms with Crippen molar-refractivity contribution in [2.24, 2.45) is 94.7 Å². The lowest BCUT2D eigenvalue weighted by Crippen LogP contribution is -2.54. The number of rotatable bonds is 6. The van der Waals surface area contributed by atoms with Gasteiger partial charge in [0, 0.05) is 18.1 Å². The highest BCUT2D eigenvalue weighted by Gasteiger charge is 2.59. The zero-order chi connectivity index (χ0) is 36.3. The van der Waals surface area contributed by atoms with Crippen LogP contribution in [0.5, 0.6) is 0 Å². The maximum atomic E-state index is 3.39. The minimum Gasteiger partial charge on any atom is -0.294 e. The molecule has 11 aliphatic rings. The van der Waals surface area contributed by atoms with Gasteiger partial charge in [-0.1, -0.05) is 109 Å². The van der Waals surface area contributed by atoms with Gasteiger partial charge in [0.2, 0.25) is 0 Å². The van der Waals surface area contributed by atoms with Crippen LogP contribution in [-0.2, 0) is 0 Å². The van der Waals surface area contributed by atoms with E-state index in [1.807, 2.05) is 0 Å². The molecule has 0 aromatic rings. The first-order chi connectivity index (χ1) is 27.2. The molecule has 0 aliphatic heterocycles. The van der Waals surface area contributed by atoms with Gasteiger partial charge >= 0.3 is 0 Å². The van der Waals surface area contributed by atoms with Gasteiger partial charge in [0.05, 0.1) is 0 Å². The van der Waals surface area contributed by atoms with Crippen molar-refractivity contribution in [3.63, 3.8) is 0 Å². The van der Waals surface area contributed by atoms with Crippen molar-refractivity contribution < 1.29 is 0 Å². The Kier molecular flexibility index (Phi) is 11.6. The van der Waals surface area contributed by atoms with Crippen molar-refractivity contribution in [2.45, 2.75) is 243 Å². The molecule has 0 aromatic carbocycles. The lowest BCUT2D eigenvalue weighted by molar-refractivity contribution is -0.0311. The average Bonchev–Trinajstić information content (AvgIpc) is 3.87. The smallest absolute Gasteiger partial charge is 0.0104 e. The van der Waals surface area contributed by atoms with Gasteiger partial charge in [0.15, 0.2) is 0 Å². The number of nitrogens with zero attached hydrogens (tertiary/aromatic N) is 1. The minimum atomic E-state index is 0.932. The Morgan fingerprint density at radius 2 is 0.655 bits per heavy atom. The van der Waals surface area contributed by atoms with Crippen molar-refractivity contribution in [3.05, 3.63) is 0 Å². The average molecular weight is 752 g/mol. The summed E-state index contributed by atoms with van der Waals surface area (Å²) in [6.45, 7) is 0. The molecular formula is C54H89N. The highest BCUT2D eigenvalue weighted by atomic mass is 15.2. The molecule has 0 spiro atoms. The van der Waals surface area contributed by atoms with Gasteiger partial charge in [-0.05, 0) is 210 Å². The van der Waals surface area contributed by atoms with Gasteiger partial charge < -0.3 is 0 Å². The summed E-state index contributed by atoms with van der Waals surface area (Å²) in [7, 11) is 0. The molecule has 11 fully saturated rings. The SMILES string of the molecule is C1CCC(C2CCC(N(C3CCC(C4CCCC5C4CC4C6CCCCC6CC(C6CC7CCCCC7C6)C45)CC3)C3CCC4CCCCC4C3)CC2)CC1. The second-order valence-electron chi connectivity index (χ2n) is 24.3. The normalized spacial score (nSPS) is 52.1. The molecule has 0 bridgehead atoms. The summed E-state index contributed by atoms with van der Waals surface area (Å²) in [6.07, 6.45) is 55.7. The first kappa shape index (κ1) is 37.9. The van der Waals surface area contributed by atoms with Gasteiger partial charge in [0.1, 0.15) is 0 Å². The van der Waals surface area contributed by atoms with E-state index in [0.717, 1.165) is 113 Å². The molecule has 11 saturated carbocycles. The fraction of sp³-hybridized carbons (Fsp3) is 1.00. The molecule has 0 amide bonds. The molecule has 55 heavy (non-hydrogen) atoms. The zero-order valence-corrected chi connectivity index (χ0v) is 36.2. The van der Waals surface area contributed by atoms with E-state index in [4.69, 9.17) is 0 Å². The molecule has 0 radical (unpaired) electrons. The maximum Gasteiger partial charge on any atom is 0.0104 e. The quantitative estimate of drug-likeness (QED) is 0.261. The van der Waals surface area contributed by atoms with Crippen LogP contribution in [0.3, 0.4) is 0 Å². The van der Waals surface area contributed by atoms with Crippen molar-refractivity contribution >= 4 is 0 Å². The summed E-state index contributed by atoms with van der Waals surface area (Å²) in [5, 5.41) is 0. The second-order valence-corrected chi connectivity index (χ2v) is 24.3.